The zero-order valence-corrected chi connectivity index (χ0v) is 14.3. The molecule has 0 amide bonds. The molecule has 0 unspecified atom stereocenters. The summed E-state index contributed by atoms with van der Waals surface area (Å²) in [5.74, 6) is -0.250. The molecule has 0 fully saturated rings. The van der Waals surface area contributed by atoms with Gasteiger partial charge in [-0.25, -0.2) is 0 Å². The molecule has 112 valence electrons. The van der Waals surface area contributed by atoms with Crippen LogP contribution < -0.4 is 10.1 Å². The molecule has 0 saturated carbocycles. The normalized spacial score (nSPS) is 11.3. The van der Waals surface area contributed by atoms with E-state index in [0.717, 1.165) is 14.8 Å². The monoisotopic (exact) mass is 471 g/mol. The fourth-order valence-electron chi connectivity index (χ4n) is 1.66. The molecular formula is C14H10BrF3INO. The summed E-state index contributed by atoms with van der Waals surface area (Å²) in [7, 11) is 0. The number of rotatable bonds is 4. The Morgan fingerprint density at radius 1 is 1.14 bits per heavy atom. The predicted octanol–water partition coefficient (Wildman–Crippen LogP) is 5.56. The van der Waals surface area contributed by atoms with Gasteiger partial charge in [0.2, 0.25) is 0 Å². The first-order valence-corrected chi connectivity index (χ1v) is 7.74. The molecule has 0 aliphatic rings. The summed E-state index contributed by atoms with van der Waals surface area (Å²) in [5, 5.41) is 3.21. The van der Waals surface area contributed by atoms with Gasteiger partial charge in [-0.3, -0.25) is 0 Å². The Morgan fingerprint density at radius 2 is 1.90 bits per heavy atom. The van der Waals surface area contributed by atoms with Crippen LogP contribution in [0.1, 0.15) is 5.56 Å². The number of hydrogen-bond donors (Lipinski definition) is 1. The van der Waals surface area contributed by atoms with Crippen molar-refractivity contribution in [1.29, 1.82) is 0 Å². The number of anilines is 1. The van der Waals surface area contributed by atoms with E-state index >= 15 is 0 Å². The Bertz CT molecular complexity index is 634. The minimum Gasteiger partial charge on any atom is -0.405 e. The standard InChI is InChI=1S/C14H10BrF3INO/c15-12-6-9(4-5-13(12)21-14(16,17)18)8-20-11-3-1-2-10(19)7-11/h1-7,20H,8H2. The van der Waals surface area contributed by atoms with Crippen LogP contribution in [-0.4, -0.2) is 6.36 Å². The molecule has 0 radical (unpaired) electrons. The van der Waals surface area contributed by atoms with Gasteiger partial charge in [-0.2, -0.15) is 0 Å². The number of ether oxygens (including phenoxy) is 1. The van der Waals surface area contributed by atoms with Crippen LogP contribution in [0.2, 0.25) is 0 Å². The molecule has 2 aromatic carbocycles. The zero-order valence-electron chi connectivity index (χ0n) is 10.5. The molecule has 2 aromatic rings. The highest BCUT2D eigenvalue weighted by molar-refractivity contribution is 14.1. The van der Waals surface area contributed by atoms with Gasteiger partial charge in [0, 0.05) is 15.8 Å². The summed E-state index contributed by atoms with van der Waals surface area (Å²) in [6.07, 6.45) is -4.69. The molecule has 0 spiro atoms. The Balaban J connectivity index is 2.03. The molecule has 0 saturated heterocycles. The third-order valence-corrected chi connectivity index (χ3v) is 3.83. The first-order valence-electron chi connectivity index (χ1n) is 5.87. The molecular weight excluding hydrogens is 462 g/mol. The van der Waals surface area contributed by atoms with E-state index in [1.54, 1.807) is 12.1 Å². The van der Waals surface area contributed by atoms with Gasteiger partial charge in [-0.15, -0.1) is 13.2 Å². The SMILES string of the molecule is FC(F)(F)Oc1ccc(CNc2cccc(I)c2)cc1Br. The Kier molecular flexibility index (Phi) is 5.37. The summed E-state index contributed by atoms with van der Waals surface area (Å²) in [6, 6.07) is 12.3. The van der Waals surface area contributed by atoms with Gasteiger partial charge in [0.25, 0.3) is 0 Å². The quantitative estimate of drug-likeness (QED) is 0.589. The molecule has 0 atom stereocenters. The molecule has 1 N–H and O–H groups in total. The molecule has 21 heavy (non-hydrogen) atoms. The van der Waals surface area contributed by atoms with Gasteiger partial charge in [0.1, 0.15) is 5.75 Å². The van der Waals surface area contributed by atoms with Crippen LogP contribution in [0.25, 0.3) is 0 Å². The van der Waals surface area contributed by atoms with Gasteiger partial charge >= 0.3 is 6.36 Å². The van der Waals surface area contributed by atoms with Crippen molar-refractivity contribution in [2.45, 2.75) is 12.9 Å². The lowest BCUT2D eigenvalue weighted by Gasteiger charge is -2.12. The van der Waals surface area contributed by atoms with Crippen LogP contribution in [0.5, 0.6) is 5.75 Å². The Hall–Kier alpha value is -0.960. The van der Waals surface area contributed by atoms with Gasteiger partial charge < -0.3 is 10.1 Å². The van der Waals surface area contributed by atoms with Crippen molar-refractivity contribution in [2.24, 2.45) is 0 Å². The third kappa shape index (κ3) is 5.39. The highest BCUT2D eigenvalue weighted by atomic mass is 127. The van der Waals surface area contributed by atoms with E-state index in [2.05, 4.69) is 48.6 Å². The maximum Gasteiger partial charge on any atom is 0.573 e. The zero-order chi connectivity index (χ0) is 15.5. The first-order chi connectivity index (χ1) is 9.83. The molecule has 2 nitrogen and oxygen atoms in total. The lowest BCUT2D eigenvalue weighted by molar-refractivity contribution is -0.274. The minimum absolute atomic E-state index is 0.250. The van der Waals surface area contributed by atoms with Gasteiger partial charge in [-0.05, 0) is 74.4 Å². The second-order valence-corrected chi connectivity index (χ2v) is 6.28. The first kappa shape index (κ1) is 16.4. The number of nitrogens with one attached hydrogen (secondary N) is 1. The predicted molar refractivity (Wildman–Crippen MR) is 87.3 cm³/mol. The largest absolute Gasteiger partial charge is 0.573 e. The molecule has 0 aliphatic heterocycles. The highest BCUT2D eigenvalue weighted by Crippen LogP contribution is 2.31. The van der Waals surface area contributed by atoms with Gasteiger partial charge in [0.15, 0.2) is 0 Å². The van der Waals surface area contributed by atoms with Crippen molar-refractivity contribution in [3.05, 3.63) is 56.1 Å². The fourth-order valence-corrected chi connectivity index (χ4v) is 2.71. The molecule has 0 bridgehead atoms. The van der Waals surface area contributed by atoms with Crippen molar-refractivity contribution in [2.75, 3.05) is 5.32 Å². The molecule has 0 aromatic heterocycles. The molecule has 7 heteroatoms. The summed E-state index contributed by atoms with van der Waals surface area (Å²) in [5.41, 5.74) is 1.80. The average Bonchev–Trinajstić information content (AvgIpc) is 2.38. The van der Waals surface area contributed by atoms with E-state index in [1.807, 2.05) is 24.3 Å². The molecule has 0 heterocycles. The van der Waals surface area contributed by atoms with E-state index in [9.17, 15) is 13.2 Å². The fraction of sp³-hybridized carbons (Fsp3) is 0.143. The van der Waals surface area contributed by atoms with E-state index in [1.165, 1.54) is 6.07 Å². The van der Waals surface area contributed by atoms with E-state index in [0.29, 0.717) is 6.54 Å². The summed E-state index contributed by atoms with van der Waals surface area (Å²) in [4.78, 5) is 0. The second-order valence-electron chi connectivity index (χ2n) is 4.18. The number of alkyl halides is 3. The number of halogens is 5. The Labute approximate surface area is 142 Å². The Morgan fingerprint density at radius 3 is 2.52 bits per heavy atom. The van der Waals surface area contributed by atoms with E-state index in [-0.39, 0.29) is 10.2 Å². The lowest BCUT2D eigenvalue weighted by atomic mass is 10.2. The van der Waals surface area contributed by atoms with Crippen LogP contribution >= 0.6 is 38.5 Å². The third-order valence-electron chi connectivity index (χ3n) is 2.54. The highest BCUT2D eigenvalue weighted by Gasteiger charge is 2.31. The maximum absolute atomic E-state index is 12.2. The van der Waals surface area contributed by atoms with Gasteiger partial charge in [0.05, 0.1) is 4.47 Å². The smallest absolute Gasteiger partial charge is 0.405 e. The molecule has 0 aliphatic carbocycles. The van der Waals surface area contributed by atoms with Crippen molar-refractivity contribution in [3.8, 4) is 5.75 Å². The second kappa shape index (κ2) is 6.87. The van der Waals surface area contributed by atoms with E-state index < -0.39 is 6.36 Å². The van der Waals surface area contributed by atoms with Crippen LogP contribution in [0.15, 0.2) is 46.9 Å². The minimum atomic E-state index is -4.69. The number of hydrogen-bond acceptors (Lipinski definition) is 2. The van der Waals surface area contributed by atoms with Crippen LogP contribution in [0.4, 0.5) is 18.9 Å². The summed E-state index contributed by atoms with van der Waals surface area (Å²) < 4.78 is 41.8. The number of benzene rings is 2. The van der Waals surface area contributed by atoms with Crippen molar-refractivity contribution in [3.63, 3.8) is 0 Å². The summed E-state index contributed by atoms with van der Waals surface area (Å²) >= 11 is 5.29. The van der Waals surface area contributed by atoms with Gasteiger partial charge in [-0.1, -0.05) is 12.1 Å². The van der Waals surface area contributed by atoms with Crippen molar-refractivity contribution < 1.29 is 17.9 Å². The topological polar surface area (TPSA) is 21.3 Å². The van der Waals surface area contributed by atoms with Crippen molar-refractivity contribution >= 4 is 44.2 Å². The summed E-state index contributed by atoms with van der Waals surface area (Å²) in [6.45, 7) is 0.505. The average molecular weight is 472 g/mol. The van der Waals surface area contributed by atoms with Crippen LogP contribution in [0.3, 0.4) is 0 Å². The van der Waals surface area contributed by atoms with E-state index in [4.69, 9.17) is 0 Å². The maximum atomic E-state index is 12.2. The van der Waals surface area contributed by atoms with Crippen LogP contribution in [0, 0.1) is 3.57 Å². The molecule has 2 rings (SSSR count). The lowest BCUT2D eigenvalue weighted by Crippen LogP contribution is -2.17. The van der Waals surface area contributed by atoms with Crippen molar-refractivity contribution in [1.82, 2.24) is 0 Å². The van der Waals surface area contributed by atoms with Crippen LogP contribution in [-0.2, 0) is 6.54 Å².